The maximum Gasteiger partial charge on any atom is 0.309 e. The number of benzene rings is 1. The Morgan fingerprint density at radius 3 is 1.74 bits per heavy atom. The van der Waals surface area contributed by atoms with Crippen LogP contribution in [0.4, 0.5) is 0 Å². The molecule has 0 heterocycles. The summed E-state index contributed by atoms with van der Waals surface area (Å²) >= 11 is 0. The number of hydrogen-bond donors (Lipinski definition) is 1. The molecule has 1 aromatic rings. The Morgan fingerprint density at radius 2 is 1.23 bits per heavy atom. The van der Waals surface area contributed by atoms with E-state index in [4.69, 9.17) is 14.6 Å². The Labute approximate surface area is 188 Å². The molecule has 5 heteroatoms. The van der Waals surface area contributed by atoms with Gasteiger partial charge in [-0.15, -0.1) is 0 Å². The second-order valence-corrected chi connectivity index (χ2v) is 9.65. The predicted octanol–water partition coefficient (Wildman–Crippen LogP) is 5.70. The van der Waals surface area contributed by atoms with Crippen LogP contribution in [0.15, 0.2) is 30.3 Å². The Kier molecular flexibility index (Phi) is 12.7. The standard InChI is InChI=1S/C26H42O5/c1-25(2,23(27)21-22-13-6-5-7-14-22)15-8-10-17-30-19-12-20-31-18-11-9-16-26(3,4)24(28)29/h5-7,13-14H,8-12,15-21H2,1-4H3,(H,28,29). The molecule has 0 fully saturated rings. The van der Waals surface area contributed by atoms with Crippen molar-refractivity contribution in [3.63, 3.8) is 0 Å². The quantitative estimate of drug-likeness (QED) is 0.300. The lowest BCUT2D eigenvalue weighted by Gasteiger charge is -2.23. The van der Waals surface area contributed by atoms with Crippen molar-refractivity contribution in [3.05, 3.63) is 35.9 Å². The van der Waals surface area contributed by atoms with Crippen LogP contribution in [0.1, 0.15) is 78.2 Å². The number of ether oxygens (including phenoxy) is 2. The van der Waals surface area contributed by atoms with Crippen LogP contribution in [-0.2, 0) is 25.5 Å². The van der Waals surface area contributed by atoms with E-state index in [1.54, 1.807) is 13.8 Å². The van der Waals surface area contributed by atoms with Gasteiger partial charge in [0.15, 0.2) is 0 Å². The molecule has 0 aliphatic heterocycles. The Bertz CT molecular complexity index is 636. The number of hydrogen-bond acceptors (Lipinski definition) is 4. The van der Waals surface area contributed by atoms with E-state index >= 15 is 0 Å². The fourth-order valence-corrected chi connectivity index (χ4v) is 3.28. The second kappa shape index (κ2) is 14.4. The van der Waals surface area contributed by atoms with Crippen molar-refractivity contribution < 1.29 is 24.2 Å². The van der Waals surface area contributed by atoms with Gasteiger partial charge in [0.1, 0.15) is 5.78 Å². The van der Waals surface area contributed by atoms with Gasteiger partial charge >= 0.3 is 5.97 Å². The monoisotopic (exact) mass is 434 g/mol. The van der Waals surface area contributed by atoms with Gasteiger partial charge in [-0.1, -0.05) is 57.0 Å². The molecule has 0 aliphatic carbocycles. The molecule has 0 spiro atoms. The Hall–Kier alpha value is -1.72. The number of Topliss-reactive ketones (excluding diaryl/α,β-unsaturated/α-hetero) is 1. The summed E-state index contributed by atoms with van der Waals surface area (Å²) in [6.07, 6.45) is 6.60. The van der Waals surface area contributed by atoms with Crippen molar-refractivity contribution >= 4 is 11.8 Å². The lowest BCUT2D eigenvalue weighted by Crippen LogP contribution is -2.26. The molecule has 0 amide bonds. The van der Waals surface area contributed by atoms with Gasteiger partial charge in [0.05, 0.1) is 5.41 Å². The van der Waals surface area contributed by atoms with Crippen molar-refractivity contribution in [2.24, 2.45) is 10.8 Å². The minimum atomic E-state index is -0.743. The van der Waals surface area contributed by atoms with Gasteiger partial charge < -0.3 is 14.6 Å². The number of carboxylic acid groups (broad SMARTS) is 1. The summed E-state index contributed by atoms with van der Waals surface area (Å²) in [5.74, 6) is -0.448. The minimum Gasteiger partial charge on any atom is -0.481 e. The highest BCUT2D eigenvalue weighted by molar-refractivity contribution is 5.86. The molecule has 1 rings (SSSR count). The molecule has 0 aromatic heterocycles. The van der Waals surface area contributed by atoms with Crippen LogP contribution in [0.2, 0.25) is 0 Å². The lowest BCUT2D eigenvalue weighted by atomic mass is 9.80. The minimum absolute atomic E-state index is 0.295. The molecule has 31 heavy (non-hydrogen) atoms. The average molecular weight is 435 g/mol. The first kappa shape index (κ1) is 27.3. The molecule has 0 radical (unpaired) electrons. The highest BCUT2D eigenvalue weighted by Gasteiger charge is 2.27. The van der Waals surface area contributed by atoms with Crippen LogP contribution in [0.3, 0.4) is 0 Å². The summed E-state index contributed by atoms with van der Waals surface area (Å²) < 4.78 is 11.3. The zero-order valence-electron chi connectivity index (χ0n) is 20.0. The van der Waals surface area contributed by atoms with Crippen LogP contribution in [0.5, 0.6) is 0 Å². The van der Waals surface area contributed by atoms with Gasteiger partial charge in [0.25, 0.3) is 0 Å². The fourth-order valence-electron chi connectivity index (χ4n) is 3.28. The molecule has 0 unspecified atom stereocenters. The molecule has 176 valence electrons. The summed E-state index contributed by atoms with van der Waals surface area (Å²) in [5.41, 5.74) is 0.122. The smallest absolute Gasteiger partial charge is 0.309 e. The van der Waals surface area contributed by atoms with Crippen molar-refractivity contribution in [1.29, 1.82) is 0 Å². The molecule has 0 bridgehead atoms. The van der Waals surface area contributed by atoms with Crippen LogP contribution in [-0.4, -0.2) is 43.3 Å². The number of carbonyl (C=O) groups is 2. The summed E-state index contributed by atoms with van der Waals surface area (Å²) in [6.45, 7) is 10.3. The molecule has 1 aromatic carbocycles. The van der Waals surface area contributed by atoms with Gasteiger partial charge in [-0.05, 0) is 51.5 Å². The van der Waals surface area contributed by atoms with E-state index in [1.807, 2.05) is 44.2 Å². The number of aliphatic carboxylic acids is 1. The third kappa shape index (κ3) is 12.0. The first-order chi connectivity index (χ1) is 14.6. The largest absolute Gasteiger partial charge is 0.481 e. The number of ketones is 1. The average Bonchev–Trinajstić information content (AvgIpc) is 2.72. The Morgan fingerprint density at radius 1 is 0.742 bits per heavy atom. The molecule has 0 aliphatic rings. The molecule has 0 saturated heterocycles. The molecular formula is C26H42O5. The molecule has 0 saturated carbocycles. The number of unbranched alkanes of at least 4 members (excludes halogenated alkanes) is 2. The number of carbonyl (C=O) groups excluding carboxylic acids is 1. The van der Waals surface area contributed by atoms with Gasteiger partial charge in [-0.3, -0.25) is 9.59 Å². The van der Waals surface area contributed by atoms with Gasteiger partial charge in [-0.2, -0.15) is 0 Å². The zero-order valence-corrected chi connectivity index (χ0v) is 20.0. The van der Waals surface area contributed by atoms with Crippen LogP contribution in [0.25, 0.3) is 0 Å². The molecule has 0 atom stereocenters. The highest BCUT2D eigenvalue weighted by Crippen LogP contribution is 2.26. The Balaban J connectivity index is 1.97. The third-order valence-corrected chi connectivity index (χ3v) is 5.80. The SMILES string of the molecule is CC(C)(CCCCOCCCOCCCCC(C)(C)C(=O)Cc1ccccc1)C(=O)O. The van der Waals surface area contributed by atoms with Gasteiger partial charge in [0, 0.05) is 38.3 Å². The van der Waals surface area contributed by atoms with Crippen molar-refractivity contribution in [3.8, 4) is 0 Å². The first-order valence-corrected chi connectivity index (χ1v) is 11.6. The van der Waals surface area contributed by atoms with Gasteiger partial charge in [0.2, 0.25) is 0 Å². The van der Waals surface area contributed by atoms with E-state index in [0.717, 1.165) is 44.1 Å². The molecular weight excluding hydrogens is 392 g/mol. The van der Waals surface area contributed by atoms with Crippen LogP contribution < -0.4 is 0 Å². The summed E-state index contributed by atoms with van der Waals surface area (Å²) in [5, 5.41) is 9.08. The summed E-state index contributed by atoms with van der Waals surface area (Å²) in [6, 6.07) is 9.93. The van der Waals surface area contributed by atoms with E-state index in [2.05, 4.69) is 0 Å². The number of carboxylic acids is 1. The maximum atomic E-state index is 12.6. The molecule has 5 nitrogen and oxygen atoms in total. The molecule has 1 N–H and O–H groups in total. The predicted molar refractivity (Wildman–Crippen MR) is 124 cm³/mol. The topological polar surface area (TPSA) is 72.8 Å². The van der Waals surface area contributed by atoms with E-state index in [1.165, 1.54) is 0 Å². The van der Waals surface area contributed by atoms with Gasteiger partial charge in [-0.25, -0.2) is 0 Å². The van der Waals surface area contributed by atoms with Crippen LogP contribution in [0, 0.1) is 10.8 Å². The summed E-state index contributed by atoms with van der Waals surface area (Å²) in [4.78, 5) is 23.6. The summed E-state index contributed by atoms with van der Waals surface area (Å²) in [7, 11) is 0. The number of rotatable bonds is 18. The second-order valence-electron chi connectivity index (χ2n) is 9.65. The lowest BCUT2D eigenvalue weighted by molar-refractivity contribution is -0.147. The van der Waals surface area contributed by atoms with Crippen LogP contribution >= 0.6 is 0 Å². The van der Waals surface area contributed by atoms with E-state index < -0.39 is 11.4 Å². The highest BCUT2D eigenvalue weighted by atomic mass is 16.5. The van der Waals surface area contributed by atoms with E-state index in [0.29, 0.717) is 45.1 Å². The zero-order chi connectivity index (χ0) is 23.2. The van der Waals surface area contributed by atoms with Crippen molar-refractivity contribution in [2.45, 2.75) is 79.1 Å². The third-order valence-electron chi connectivity index (χ3n) is 5.80. The first-order valence-electron chi connectivity index (χ1n) is 11.6. The van der Waals surface area contributed by atoms with E-state index in [-0.39, 0.29) is 5.41 Å². The maximum absolute atomic E-state index is 12.6. The van der Waals surface area contributed by atoms with Crippen molar-refractivity contribution in [1.82, 2.24) is 0 Å². The van der Waals surface area contributed by atoms with Crippen molar-refractivity contribution in [2.75, 3.05) is 26.4 Å². The van der Waals surface area contributed by atoms with E-state index in [9.17, 15) is 9.59 Å². The fraction of sp³-hybridized carbons (Fsp3) is 0.692. The normalized spacial score (nSPS) is 12.1.